The fourth-order valence-corrected chi connectivity index (χ4v) is 3.93. The monoisotopic (exact) mass is 330 g/mol. The van der Waals surface area contributed by atoms with Gasteiger partial charge in [0.15, 0.2) is 0 Å². The largest absolute Gasteiger partial charge is 0.469 e. The van der Waals surface area contributed by atoms with E-state index in [1.807, 2.05) is 30.3 Å². The molecule has 5 nitrogen and oxygen atoms in total. The van der Waals surface area contributed by atoms with Crippen LogP contribution in [0.2, 0.25) is 0 Å². The van der Waals surface area contributed by atoms with Crippen LogP contribution in [0.3, 0.4) is 0 Å². The zero-order valence-electron chi connectivity index (χ0n) is 14.4. The first-order valence-electron chi connectivity index (χ1n) is 8.71. The number of hydrogen-bond acceptors (Lipinski definition) is 4. The van der Waals surface area contributed by atoms with E-state index in [-0.39, 0.29) is 29.3 Å². The van der Waals surface area contributed by atoms with Crippen LogP contribution in [0, 0.1) is 17.3 Å². The number of amides is 1. The van der Waals surface area contributed by atoms with Gasteiger partial charge in [0.25, 0.3) is 0 Å². The normalized spacial score (nSPS) is 24.0. The van der Waals surface area contributed by atoms with Gasteiger partial charge < -0.3 is 15.4 Å². The summed E-state index contributed by atoms with van der Waals surface area (Å²) in [5.41, 5.74) is 1.12. The third kappa shape index (κ3) is 3.31. The van der Waals surface area contributed by atoms with Crippen molar-refractivity contribution in [3.05, 3.63) is 35.9 Å². The maximum Gasteiger partial charge on any atom is 0.310 e. The molecule has 1 aromatic rings. The molecule has 2 fully saturated rings. The molecule has 0 aromatic heterocycles. The molecule has 2 N–H and O–H groups in total. The van der Waals surface area contributed by atoms with E-state index in [1.165, 1.54) is 7.11 Å². The van der Waals surface area contributed by atoms with Crippen LogP contribution in [0.15, 0.2) is 30.3 Å². The molecule has 5 heteroatoms. The lowest BCUT2D eigenvalue weighted by Gasteiger charge is -2.26. The van der Waals surface area contributed by atoms with Gasteiger partial charge >= 0.3 is 5.97 Å². The minimum absolute atomic E-state index is 0.0708. The standard InChI is InChI=1S/C19H26N2O3/c1-13(18(23)24-2)16(14-6-4-3-5-7-14)21-17(22)15-12-19(15)8-10-20-11-9-19/h3-7,13,15-16,20H,8-12H2,1-2H3,(H,21,22). The number of carbonyl (C=O) groups excluding carboxylic acids is 2. The van der Waals surface area contributed by atoms with Gasteiger partial charge in [-0.15, -0.1) is 0 Å². The molecule has 0 radical (unpaired) electrons. The molecule has 24 heavy (non-hydrogen) atoms. The van der Waals surface area contributed by atoms with Gasteiger partial charge in [0, 0.05) is 5.92 Å². The molecule has 0 bridgehead atoms. The van der Waals surface area contributed by atoms with Gasteiger partial charge in [0.2, 0.25) is 5.91 Å². The molecule has 2 aliphatic rings. The molecule has 1 aromatic carbocycles. The zero-order valence-corrected chi connectivity index (χ0v) is 14.4. The molecule has 1 heterocycles. The summed E-state index contributed by atoms with van der Waals surface area (Å²) in [6.45, 7) is 3.78. The number of rotatable bonds is 5. The highest BCUT2D eigenvalue weighted by Crippen LogP contribution is 2.58. The fraction of sp³-hybridized carbons (Fsp3) is 0.579. The first-order valence-corrected chi connectivity index (χ1v) is 8.71. The second-order valence-corrected chi connectivity index (χ2v) is 7.08. The molecular weight excluding hydrogens is 304 g/mol. The molecule has 1 spiro atoms. The number of esters is 1. The second-order valence-electron chi connectivity index (χ2n) is 7.08. The molecule has 3 unspecified atom stereocenters. The average molecular weight is 330 g/mol. The summed E-state index contributed by atoms with van der Waals surface area (Å²) >= 11 is 0. The first kappa shape index (κ1) is 17.0. The van der Waals surface area contributed by atoms with Crippen molar-refractivity contribution >= 4 is 11.9 Å². The fourth-order valence-electron chi connectivity index (χ4n) is 3.93. The Hall–Kier alpha value is -1.88. The summed E-state index contributed by atoms with van der Waals surface area (Å²) in [4.78, 5) is 24.8. The topological polar surface area (TPSA) is 67.4 Å². The summed E-state index contributed by atoms with van der Waals surface area (Å²) in [7, 11) is 1.38. The Labute approximate surface area is 143 Å². The van der Waals surface area contributed by atoms with E-state index in [0.717, 1.165) is 37.9 Å². The first-order chi connectivity index (χ1) is 11.6. The maximum atomic E-state index is 12.8. The number of benzene rings is 1. The number of carbonyl (C=O) groups is 2. The van der Waals surface area contributed by atoms with Crippen molar-refractivity contribution in [3.8, 4) is 0 Å². The third-order valence-electron chi connectivity index (χ3n) is 5.63. The number of ether oxygens (including phenoxy) is 1. The van der Waals surface area contributed by atoms with Gasteiger partial charge in [-0.1, -0.05) is 30.3 Å². The zero-order chi connectivity index (χ0) is 17.2. The summed E-state index contributed by atoms with van der Waals surface area (Å²) < 4.78 is 4.88. The molecule has 1 saturated carbocycles. The van der Waals surface area contributed by atoms with Crippen molar-refractivity contribution < 1.29 is 14.3 Å². The summed E-state index contributed by atoms with van der Waals surface area (Å²) in [5, 5.41) is 6.48. The Balaban J connectivity index is 1.72. The van der Waals surface area contributed by atoms with Crippen LogP contribution >= 0.6 is 0 Å². The van der Waals surface area contributed by atoms with Crippen LogP contribution in [0.4, 0.5) is 0 Å². The number of nitrogens with one attached hydrogen (secondary N) is 2. The van der Waals surface area contributed by atoms with E-state index < -0.39 is 5.92 Å². The van der Waals surface area contributed by atoms with Crippen molar-refractivity contribution in [2.75, 3.05) is 20.2 Å². The smallest absolute Gasteiger partial charge is 0.310 e. The molecule has 1 saturated heterocycles. The van der Waals surface area contributed by atoms with Crippen LogP contribution in [0.5, 0.6) is 0 Å². The van der Waals surface area contributed by atoms with E-state index in [1.54, 1.807) is 6.92 Å². The summed E-state index contributed by atoms with van der Waals surface area (Å²) in [6.07, 6.45) is 3.09. The van der Waals surface area contributed by atoms with E-state index in [2.05, 4.69) is 10.6 Å². The van der Waals surface area contributed by atoms with Gasteiger partial charge in [-0.05, 0) is 50.3 Å². The Morgan fingerprint density at radius 2 is 1.92 bits per heavy atom. The summed E-state index contributed by atoms with van der Waals surface area (Å²) in [6, 6.07) is 9.30. The Morgan fingerprint density at radius 3 is 2.54 bits per heavy atom. The highest BCUT2D eigenvalue weighted by molar-refractivity contribution is 5.84. The minimum Gasteiger partial charge on any atom is -0.469 e. The Morgan fingerprint density at radius 1 is 1.25 bits per heavy atom. The molecule has 1 aliphatic carbocycles. The van der Waals surface area contributed by atoms with Crippen LogP contribution in [-0.4, -0.2) is 32.1 Å². The van der Waals surface area contributed by atoms with Crippen LogP contribution in [0.25, 0.3) is 0 Å². The maximum absolute atomic E-state index is 12.8. The third-order valence-corrected chi connectivity index (χ3v) is 5.63. The number of piperidine rings is 1. The van der Waals surface area contributed by atoms with E-state index in [0.29, 0.717) is 0 Å². The molecule has 130 valence electrons. The van der Waals surface area contributed by atoms with Crippen molar-refractivity contribution in [1.82, 2.24) is 10.6 Å². The van der Waals surface area contributed by atoms with Gasteiger partial charge in [0.1, 0.15) is 0 Å². The lowest BCUT2D eigenvalue weighted by molar-refractivity contribution is -0.146. The molecule has 1 amide bonds. The van der Waals surface area contributed by atoms with E-state index in [4.69, 9.17) is 4.74 Å². The van der Waals surface area contributed by atoms with Gasteiger partial charge in [0.05, 0.1) is 19.1 Å². The highest BCUT2D eigenvalue weighted by atomic mass is 16.5. The Bertz CT molecular complexity index is 596. The van der Waals surface area contributed by atoms with Gasteiger partial charge in [-0.3, -0.25) is 9.59 Å². The number of methoxy groups -OCH3 is 1. The van der Waals surface area contributed by atoms with E-state index in [9.17, 15) is 9.59 Å². The predicted octanol–water partition coefficient (Wildman–Crippen LogP) is 2.04. The molecule has 3 rings (SSSR count). The van der Waals surface area contributed by atoms with Crippen LogP contribution in [0.1, 0.15) is 37.8 Å². The SMILES string of the molecule is COC(=O)C(C)C(NC(=O)C1CC12CCNCC2)c1ccccc1. The predicted molar refractivity (Wildman–Crippen MR) is 91.1 cm³/mol. The Kier molecular flexibility index (Phi) is 4.90. The van der Waals surface area contributed by atoms with Crippen LogP contribution < -0.4 is 10.6 Å². The quantitative estimate of drug-likeness (QED) is 0.811. The summed E-state index contributed by atoms with van der Waals surface area (Å²) in [5.74, 6) is -0.585. The van der Waals surface area contributed by atoms with Crippen molar-refractivity contribution in [2.24, 2.45) is 17.3 Å². The van der Waals surface area contributed by atoms with Gasteiger partial charge in [-0.2, -0.15) is 0 Å². The van der Waals surface area contributed by atoms with Crippen LogP contribution in [-0.2, 0) is 14.3 Å². The molecular formula is C19H26N2O3. The van der Waals surface area contributed by atoms with Gasteiger partial charge in [-0.25, -0.2) is 0 Å². The van der Waals surface area contributed by atoms with E-state index >= 15 is 0 Å². The second kappa shape index (κ2) is 6.93. The molecule has 1 aliphatic heterocycles. The number of hydrogen-bond donors (Lipinski definition) is 2. The average Bonchev–Trinajstić information content (AvgIpc) is 3.32. The lowest BCUT2D eigenvalue weighted by Crippen LogP contribution is -2.39. The minimum atomic E-state index is -0.427. The van der Waals surface area contributed by atoms with Crippen molar-refractivity contribution in [3.63, 3.8) is 0 Å². The lowest BCUT2D eigenvalue weighted by atomic mass is 9.90. The van der Waals surface area contributed by atoms with Crippen molar-refractivity contribution in [1.29, 1.82) is 0 Å². The van der Waals surface area contributed by atoms with Crippen molar-refractivity contribution in [2.45, 2.75) is 32.2 Å². The molecule has 3 atom stereocenters. The highest BCUT2D eigenvalue weighted by Gasteiger charge is 2.57.